The van der Waals surface area contributed by atoms with Crippen LogP contribution in [0.15, 0.2) is 39.0 Å². The molecule has 0 atom stereocenters. The predicted molar refractivity (Wildman–Crippen MR) is 85.7 cm³/mol. The lowest BCUT2D eigenvalue weighted by Crippen LogP contribution is -2.35. The summed E-state index contributed by atoms with van der Waals surface area (Å²) in [6, 6.07) is 6.82. The van der Waals surface area contributed by atoms with Crippen LogP contribution in [-0.4, -0.2) is 24.4 Å². The summed E-state index contributed by atoms with van der Waals surface area (Å²) in [5.41, 5.74) is 1.78. The molecule has 0 saturated carbocycles. The molecular weight excluding hydrogens is 374 g/mol. The van der Waals surface area contributed by atoms with Gasteiger partial charge < -0.3 is 5.11 Å². The average molecular weight is 388 g/mol. The number of rotatable bonds is 3. The van der Waals surface area contributed by atoms with Crippen molar-refractivity contribution in [3.63, 3.8) is 0 Å². The predicted octanol–water partition coefficient (Wildman–Crippen LogP) is 2.75. The van der Waals surface area contributed by atoms with Crippen LogP contribution >= 0.6 is 27.3 Å². The molecule has 2 aromatic rings. The lowest BCUT2D eigenvalue weighted by atomic mass is 10.1. The molecule has 1 aromatic heterocycles. The van der Waals surface area contributed by atoms with E-state index in [1.165, 1.54) is 9.18 Å². The highest BCUT2D eigenvalue weighted by molar-refractivity contribution is 9.10. The van der Waals surface area contributed by atoms with E-state index in [9.17, 15) is 8.42 Å². The molecule has 7 heteroatoms. The molecule has 21 heavy (non-hydrogen) atoms. The zero-order valence-corrected chi connectivity index (χ0v) is 14.3. The second kappa shape index (κ2) is 5.81. The van der Waals surface area contributed by atoms with Gasteiger partial charge in [0.2, 0.25) is 10.0 Å². The fourth-order valence-corrected chi connectivity index (χ4v) is 5.81. The minimum Gasteiger partial charge on any atom is -0.392 e. The molecule has 3 rings (SSSR count). The number of halogens is 1. The Hall–Kier alpha value is -0.730. The van der Waals surface area contributed by atoms with E-state index in [0.717, 1.165) is 12.0 Å². The molecule has 0 aliphatic carbocycles. The van der Waals surface area contributed by atoms with E-state index in [1.54, 1.807) is 29.5 Å². The Morgan fingerprint density at radius 1 is 1.33 bits per heavy atom. The van der Waals surface area contributed by atoms with Crippen LogP contribution in [0.2, 0.25) is 0 Å². The Labute approximate surface area is 136 Å². The molecule has 1 aromatic carbocycles. The number of hydrogen-bond acceptors (Lipinski definition) is 4. The van der Waals surface area contributed by atoms with Crippen molar-refractivity contribution in [2.45, 2.75) is 24.5 Å². The average Bonchev–Trinajstić information content (AvgIpc) is 2.94. The van der Waals surface area contributed by atoms with Gasteiger partial charge in [0, 0.05) is 22.4 Å². The van der Waals surface area contributed by atoms with Gasteiger partial charge in [-0.15, -0.1) is 11.3 Å². The normalized spacial score (nSPS) is 15.9. The number of sulfonamides is 1. The van der Waals surface area contributed by atoms with Gasteiger partial charge in [0.05, 0.1) is 11.5 Å². The molecular formula is C14H14BrNO3S2. The van der Waals surface area contributed by atoms with Gasteiger partial charge in [-0.25, -0.2) is 8.42 Å². The number of aliphatic hydroxyl groups excluding tert-OH is 1. The van der Waals surface area contributed by atoms with Crippen molar-refractivity contribution in [2.75, 3.05) is 6.54 Å². The van der Waals surface area contributed by atoms with Crippen molar-refractivity contribution in [2.24, 2.45) is 0 Å². The van der Waals surface area contributed by atoms with Crippen molar-refractivity contribution in [1.82, 2.24) is 4.31 Å². The molecule has 1 aliphatic heterocycles. The van der Waals surface area contributed by atoms with Crippen LogP contribution in [0.5, 0.6) is 0 Å². The summed E-state index contributed by atoms with van der Waals surface area (Å²) < 4.78 is 27.6. The topological polar surface area (TPSA) is 57.6 Å². The minimum atomic E-state index is -3.53. The Balaban J connectivity index is 1.95. The second-order valence-corrected chi connectivity index (χ2v) is 8.64. The van der Waals surface area contributed by atoms with Crippen LogP contribution in [0.3, 0.4) is 0 Å². The standard InChI is InChI=1S/C14H14BrNO3S2/c15-12-7-10(9-17)1-2-14(12)21(18,19)16-5-3-13-11(8-16)4-6-20-13/h1-2,4,6-7,17H,3,5,8-9H2. The lowest BCUT2D eigenvalue weighted by Gasteiger charge is -2.26. The molecule has 0 unspecified atom stereocenters. The SMILES string of the molecule is O=S(=O)(c1ccc(CO)cc1Br)N1CCc2sccc2C1. The maximum Gasteiger partial charge on any atom is 0.244 e. The van der Waals surface area contributed by atoms with Gasteiger partial charge in [-0.1, -0.05) is 6.07 Å². The van der Waals surface area contributed by atoms with Crippen LogP contribution in [0.4, 0.5) is 0 Å². The maximum atomic E-state index is 12.8. The summed E-state index contributed by atoms with van der Waals surface area (Å²) >= 11 is 4.98. The van der Waals surface area contributed by atoms with Gasteiger partial charge in [0.25, 0.3) is 0 Å². The van der Waals surface area contributed by atoms with Crippen molar-refractivity contribution >= 4 is 37.3 Å². The summed E-state index contributed by atoms with van der Waals surface area (Å²) in [4.78, 5) is 1.52. The van der Waals surface area contributed by atoms with E-state index in [-0.39, 0.29) is 11.5 Å². The van der Waals surface area contributed by atoms with Gasteiger partial charge in [-0.3, -0.25) is 0 Å². The molecule has 2 heterocycles. The third-order valence-electron chi connectivity index (χ3n) is 3.57. The first kappa shape index (κ1) is 15.2. The fourth-order valence-electron chi connectivity index (χ4n) is 2.42. The van der Waals surface area contributed by atoms with Gasteiger partial charge in [-0.05, 0) is 57.1 Å². The van der Waals surface area contributed by atoms with Crippen LogP contribution < -0.4 is 0 Å². The number of thiophene rings is 1. The van der Waals surface area contributed by atoms with Gasteiger partial charge in [0.15, 0.2) is 0 Å². The molecule has 0 fully saturated rings. The third-order valence-corrected chi connectivity index (χ3v) is 7.41. The Kier molecular flexibility index (Phi) is 4.20. The van der Waals surface area contributed by atoms with Crippen molar-refractivity contribution in [3.05, 3.63) is 50.1 Å². The molecule has 0 spiro atoms. The van der Waals surface area contributed by atoms with Crippen LogP contribution in [0.1, 0.15) is 16.0 Å². The summed E-state index contributed by atoms with van der Waals surface area (Å²) in [7, 11) is -3.53. The molecule has 0 bridgehead atoms. The Morgan fingerprint density at radius 2 is 2.14 bits per heavy atom. The lowest BCUT2D eigenvalue weighted by molar-refractivity contribution is 0.281. The number of benzene rings is 1. The first-order valence-corrected chi connectivity index (χ1v) is 9.58. The molecule has 0 saturated heterocycles. The number of nitrogens with zero attached hydrogens (tertiary/aromatic N) is 1. The largest absolute Gasteiger partial charge is 0.392 e. The second-order valence-electron chi connectivity index (χ2n) is 4.88. The monoisotopic (exact) mass is 387 g/mol. The molecule has 112 valence electrons. The molecule has 0 radical (unpaired) electrons. The zero-order valence-electron chi connectivity index (χ0n) is 11.1. The zero-order chi connectivity index (χ0) is 15.0. The quantitative estimate of drug-likeness (QED) is 0.880. The smallest absolute Gasteiger partial charge is 0.244 e. The number of aliphatic hydroxyl groups is 1. The molecule has 4 nitrogen and oxygen atoms in total. The number of fused-ring (bicyclic) bond motifs is 1. The minimum absolute atomic E-state index is 0.110. The molecule has 1 N–H and O–H groups in total. The highest BCUT2D eigenvalue weighted by atomic mass is 79.9. The Bertz CT molecular complexity index is 770. The highest BCUT2D eigenvalue weighted by Gasteiger charge is 2.30. The van der Waals surface area contributed by atoms with Gasteiger partial charge >= 0.3 is 0 Å². The maximum absolute atomic E-state index is 12.8. The third kappa shape index (κ3) is 2.80. The van der Waals surface area contributed by atoms with Gasteiger partial charge in [-0.2, -0.15) is 4.31 Å². The summed E-state index contributed by atoms with van der Waals surface area (Å²) in [6.45, 7) is 0.820. The first-order chi connectivity index (χ1) is 10.0. The first-order valence-electron chi connectivity index (χ1n) is 6.47. The van der Waals surface area contributed by atoms with E-state index in [4.69, 9.17) is 5.11 Å². The molecule has 1 aliphatic rings. The van der Waals surface area contributed by atoms with Gasteiger partial charge in [0.1, 0.15) is 0 Å². The summed E-state index contributed by atoms with van der Waals surface area (Å²) in [5.74, 6) is 0. The van der Waals surface area contributed by atoms with E-state index < -0.39 is 10.0 Å². The van der Waals surface area contributed by atoms with E-state index >= 15 is 0 Å². The fraction of sp³-hybridized carbons (Fsp3) is 0.286. The van der Waals surface area contributed by atoms with Crippen molar-refractivity contribution < 1.29 is 13.5 Å². The summed E-state index contributed by atoms with van der Waals surface area (Å²) in [5, 5.41) is 11.1. The van der Waals surface area contributed by atoms with E-state index in [1.807, 2.05) is 11.4 Å². The Morgan fingerprint density at radius 3 is 2.86 bits per heavy atom. The van der Waals surface area contributed by atoms with Crippen molar-refractivity contribution in [1.29, 1.82) is 0 Å². The van der Waals surface area contributed by atoms with E-state index in [0.29, 0.717) is 23.1 Å². The van der Waals surface area contributed by atoms with Crippen LogP contribution in [0.25, 0.3) is 0 Å². The van der Waals surface area contributed by atoms with Crippen molar-refractivity contribution in [3.8, 4) is 0 Å². The highest BCUT2D eigenvalue weighted by Crippen LogP contribution is 2.31. The summed E-state index contributed by atoms with van der Waals surface area (Å²) in [6.07, 6.45) is 0.762. The van der Waals surface area contributed by atoms with E-state index in [2.05, 4.69) is 15.9 Å². The van der Waals surface area contributed by atoms with Crippen LogP contribution in [0, 0.1) is 0 Å². The van der Waals surface area contributed by atoms with Crippen LogP contribution in [-0.2, 0) is 29.6 Å². The molecule has 0 amide bonds. The number of hydrogen-bond donors (Lipinski definition) is 1.